The highest BCUT2D eigenvalue weighted by molar-refractivity contribution is 5.69. The van der Waals surface area contributed by atoms with E-state index in [0.29, 0.717) is 17.8 Å². The van der Waals surface area contributed by atoms with Gasteiger partial charge in [0.05, 0.1) is 6.10 Å². The Morgan fingerprint density at radius 2 is 2.07 bits per heavy atom. The maximum atomic E-state index is 17.0. The topological polar surface area (TPSA) is 59.1 Å². The molecule has 29 heavy (non-hydrogen) atoms. The average Bonchev–Trinajstić information content (AvgIpc) is 3.37. The molecular formula is C23H30F2O4. The normalized spacial score (nSPS) is 54.7. The molecule has 0 aromatic carbocycles. The van der Waals surface area contributed by atoms with Crippen molar-refractivity contribution in [2.45, 2.75) is 83.5 Å². The summed E-state index contributed by atoms with van der Waals surface area (Å²) in [6.45, 7) is 7.45. The van der Waals surface area contributed by atoms with Gasteiger partial charge in [0.1, 0.15) is 18.0 Å². The van der Waals surface area contributed by atoms with Crippen LogP contribution < -0.4 is 0 Å². The number of alkyl halides is 2. The number of carbonyl (C=O) groups is 1. The van der Waals surface area contributed by atoms with Gasteiger partial charge in [-0.3, -0.25) is 4.79 Å². The molecule has 1 aliphatic heterocycles. The Morgan fingerprint density at radius 1 is 1.34 bits per heavy atom. The van der Waals surface area contributed by atoms with Gasteiger partial charge in [-0.05, 0) is 55.7 Å². The lowest BCUT2D eigenvalue weighted by atomic mass is 9.45. The molecule has 0 radical (unpaired) electrons. The second-order valence-corrected chi connectivity index (χ2v) is 10.3. The van der Waals surface area contributed by atoms with Crippen LogP contribution in [0.4, 0.5) is 8.78 Å². The quantitative estimate of drug-likeness (QED) is 0.426. The van der Waals surface area contributed by atoms with Crippen LogP contribution in [0.3, 0.4) is 0 Å². The molecule has 6 heteroatoms. The number of carbonyl (C=O) groups excluding carboxylic acids is 1. The van der Waals surface area contributed by atoms with Crippen LogP contribution in [-0.2, 0) is 14.3 Å². The highest BCUT2D eigenvalue weighted by Crippen LogP contribution is 2.70. The molecule has 0 bridgehead atoms. The molecule has 4 fully saturated rings. The van der Waals surface area contributed by atoms with Crippen molar-refractivity contribution in [3.8, 4) is 0 Å². The van der Waals surface area contributed by atoms with Crippen LogP contribution >= 0.6 is 0 Å². The molecule has 0 aromatic heterocycles. The summed E-state index contributed by atoms with van der Waals surface area (Å²) in [5.74, 6) is -0.370. The molecule has 5 aliphatic rings. The molecule has 1 unspecified atom stereocenters. The molecule has 0 amide bonds. The lowest BCUT2D eigenvalue weighted by molar-refractivity contribution is -0.212. The van der Waals surface area contributed by atoms with Crippen LogP contribution in [0.2, 0.25) is 0 Å². The SMILES string of the molecule is CCC(=O)O[C@H]1[C@H](C)C[C@H]2[C@@H]3C[C@H](F)C4=CC5OC5=C[C@]4(C)[C@@]3(F)[C@@H](O)C[C@@]21C. The fourth-order valence-electron chi connectivity index (χ4n) is 7.35. The molecule has 1 heterocycles. The summed E-state index contributed by atoms with van der Waals surface area (Å²) in [5, 5.41) is 11.2. The van der Waals surface area contributed by atoms with Crippen molar-refractivity contribution in [3.05, 3.63) is 23.5 Å². The van der Waals surface area contributed by atoms with Gasteiger partial charge in [-0.1, -0.05) is 20.8 Å². The van der Waals surface area contributed by atoms with E-state index in [1.807, 2.05) is 13.8 Å². The van der Waals surface area contributed by atoms with E-state index in [9.17, 15) is 9.90 Å². The van der Waals surface area contributed by atoms with Crippen molar-refractivity contribution < 1.29 is 28.2 Å². The molecule has 1 saturated heterocycles. The van der Waals surface area contributed by atoms with Gasteiger partial charge in [0.25, 0.3) is 0 Å². The first-order chi connectivity index (χ1) is 13.6. The molecule has 4 nitrogen and oxygen atoms in total. The molecule has 1 N–H and O–H groups in total. The minimum absolute atomic E-state index is 0.0405. The fraction of sp³-hybridized carbons (Fsp3) is 0.783. The van der Waals surface area contributed by atoms with E-state index < -0.39 is 34.7 Å². The van der Waals surface area contributed by atoms with Crippen LogP contribution in [0.15, 0.2) is 23.5 Å². The van der Waals surface area contributed by atoms with E-state index in [2.05, 4.69) is 0 Å². The Balaban J connectivity index is 1.58. The van der Waals surface area contributed by atoms with Crippen molar-refractivity contribution in [1.29, 1.82) is 0 Å². The zero-order chi connectivity index (χ0) is 20.9. The van der Waals surface area contributed by atoms with Gasteiger partial charge >= 0.3 is 5.97 Å². The number of allylic oxidation sites excluding steroid dienone is 2. The van der Waals surface area contributed by atoms with Gasteiger partial charge in [0.2, 0.25) is 0 Å². The van der Waals surface area contributed by atoms with Crippen molar-refractivity contribution in [1.82, 2.24) is 0 Å². The summed E-state index contributed by atoms with van der Waals surface area (Å²) in [6, 6.07) is 0. The Hall–Kier alpha value is -1.43. The maximum absolute atomic E-state index is 17.0. The first-order valence-corrected chi connectivity index (χ1v) is 10.9. The third-order valence-electron chi connectivity index (χ3n) is 8.77. The lowest BCUT2D eigenvalue weighted by Crippen LogP contribution is -2.68. The molecular weight excluding hydrogens is 378 g/mol. The molecule has 4 aliphatic carbocycles. The number of ether oxygens (including phenoxy) is 2. The standard InChI is InChI=1S/C23H30F2O4/c1-5-19(27)29-20-11(2)6-12-13-7-15(24)14-8-16-17(28-16)9-22(14,4)23(13,25)18(26)10-21(12,20)3/h8-9,11-13,15-16,18,20,26H,5-7,10H2,1-4H3/t11-,12+,13+,15+,16?,18+,20+,21+,22+,23+/m1/s1. The minimum atomic E-state index is -1.97. The predicted octanol–water partition coefficient (Wildman–Crippen LogP) is 4.03. The summed E-state index contributed by atoms with van der Waals surface area (Å²) < 4.78 is 43.6. The summed E-state index contributed by atoms with van der Waals surface area (Å²) in [6.07, 6.45) is 1.46. The summed E-state index contributed by atoms with van der Waals surface area (Å²) in [7, 11) is 0. The third-order valence-corrected chi connectivity index (χ3v) is 8.77. The van der Waals surface area contributed by atoms with E-state index in [1.54, 1.807) is 26.0 Å². The van der Waals surface area contributed by atoms with Gasteiger partial charge in [0.15, 0.2) is 11.8 Å². The molecule has 3 saturated carbocycles. The highest BCUT2D eigenvalue weighted by atomic mass is 19.1. The smallest absolute Gasteiger partial charge is 0.305 e. The monoisotopic (exact) mass is 408 g/mol. The largest absolute Gasteiger partial charge is 0.479 e. The maximum Gasteiger partial charge on any atom is 0.305 e. The van der Waals surface area contributed by atoms with Gasteiger partial charge in [-0.15, -0.1) is 0 Å². The number of esters is 1. The van der Waals surface area contributed by atoms with E-state index >= 15 is 8.78 Å². The molecule has 10 atom stereocenters. The van der Waals surface area contributed by atoms with Gasteiger partial charge in [-0.2, -0.15) is 0 Å². The first-order valence-electron chi connectivity index (χ1n) is 10.9. The first kappa shape index (κ1) is 19.5. The zero-order valence-electron chi connectivity index (χ0n) is 17.5. The Morgan fingerprint density at radius 3 is 2.76 bits per heavy atom. The lowest BCUT2D eigenvalue weighted by Gasteiger charge is -2.62. The number of hydrogen-bond donors (Lipinski definition) is 1. The third kappa shape index (κ3) is 2.30. The average molecular weight is 408 g/mol. The molecule has 0 spiro atoms. The second-order valence-electron chi connectivity index (χ2n) is 10.3. The van der Waals surface area contributed by atoms with Crippen LogP contribution in [-0.4, -0.2) is 41.2 Å². The Labute approximate surface area is 170 Å². The van der Waals surface area contributed by atoms with Gasteiger partial charge in [0, 0.05) is 23.2 Å². The number of fused-ring (bicyclic) bond motifs is 6. The summed E-state index contributed by atoms with van der Waals surface area (Å²) in [4.78, 5) is 12.0. The summed E-state index contributed by atoms with van der Waals surface area (Å²) >= 11 is 0. The highest BCUT2D eigenvalue weighted by Gasteiger charge is 2.74. The zero-order valence-corrected chi connectivity index (χ0v) is 17.5. The van der Waals surface area contributed by atoms with Gasteiger partial charge in [-0.25, -0.2) is 8.78 Å². The number of aliphatic hydroxyl groups excluding tert-OH is 1. The van der Waals surface area contributed by atoms with E-state index in [-0.39, 0.29) is 49.3 Å². The number of epoxide rings is 1. The van der Waals surface area contributed by atoms with Crippen molar-refractivity contribution in [3.63, 3.8) is 0 Å². The van der Waals surface area contributed by atoms with Gasteiger partial charge < -0.3 is 14.6 Å². The number of aliphatic hydroxyl groups is 1. The predicted molar refractivity (Wildman–Crippen MR) is 102 cm³/mol. The van der Waals surface area contributed by atoms with E-state index in [0.717, 1.165) is 0 Å². The molecule has 160 valence electrons. The van der Waals surface area contributed by atoms with Crippen LogP contribution in [0.5, 0.6) is 0 Å². The number of rotatable bonds is 2. The van der Waals surface area contributed by atoms with Crippen molar-refractivity contribution in [2.75, 3.05) is 0 Å². The van der Waals surface area contributed by atoms with E-state index in [4.69, 9.17) is 9.47 Å². The number of halogens is 2. The molecule has 5 rings (SSSR count). The Bertz CT molecular complexity index is 824. The minimum Gasteiger partial charge on any atom is -0.479 e. The summed E-state index contributed by atoms with van der Waals surface area (Å²) in [5.41, 5.74) is -3.36. The fourth-order valence-corrected chi connectivity index (χ4v) is 7.35. The second kappa shape index (κ2) is 5.83. The van der Waals surface area contributed by atoms with Crippen LogP contribution in [0, 0.1) is 28.6 Å². The van der Waals surface area contributed by atoms with Crippen LogP contribution in [0.25, 0.3) is 0 Å². The van der Waals surface area contributed by atoms with Crippen molar-refractivity contribution >= 4 is 5.97 Å². The number of hydrogen-bond acceptors (Lipinski definition) is 4. The van der Waals surface area contributed by atoms with E-state index in [1.165, 1.54) is 0 Å². The van der Waals surface area contributed by atoms with Crippen LogP contribution in [0.1, 0.15) is 53.4 Å². The van der Waals surface area contributed by atoms with Crippen molar-refractivity contribution in [2.24, 2.45) is 28.6 Å². The molecule has 0 aromatic rings. The Kier molecular flexibility index (Phi) is 3.93.